The summed E-state index contributed by atoms with van der Waals surface area (Å²) in [6.45, 7) is 5.51. The summed E-state index contributed by atoms with van der Waals surface area (Å²) in [6, 6.07) is 0. The molecule has 3 unspecified atom stereocenters. The zero-order valence-corrected chi connectivity index (χ0v) is 8.21. The number of ether oxygens (including phenoxy) is 1. The van der Waals surface area contributed by atoms with Gasteiger partial charge >= 0.3 is 0 Å². The van der Waals surface area contributed by atoms with Crippen molar-refractivity contribution >= 4 is 0 Å². The van der Waals surface area contributed by atoms with Crippen LogP contribution < -0.4 is 0 Å². The van der Waals surface area contributed by atoms with Gasteiger partial charge < -0.3 is 20.1 Å². The largest absolute Gasteiger partial charge is 0.388 e. The van der Waals surface area contributed by atoms with Gasteiger partial charge in [-0.05, 0) is 12.8 Å². The normalized spacial score (nSPS) is 46.8. The van der Waals surface area contributed by atoms with Crippen LogP contribution in [0.15, 0.2) is 0 Å². The minimum atomic E-state index is -1.10. The van der Waals surface area contributed by atoms with E-state index in [0.717, 1.165) is 0 Å². The molecular weight excluding hydrogens is 172 g/mol. The van der Waals surface area contributed by atoms with E-state index in [2.05, 4.69) is 0 Å². The van der Waals surface area contributed by atoms with Gasteiger partial charge in [0.05, 0.1) is 12.2 Å². The number of hydrogen-bond donors (Lipinski definition) is 3. The Morgan fingerprint density at radius 2 is 1.54 bits per heavy atom. The molecule has 4 nitrogen and oxygen atoms in total. The van der Waals surface area contributed by atoms with Crippen LogP contribution in [-0.4, -0.2) is 45.8 Å². The SMILES string of the molecule is CC(C)C1O[C@H](C)C(O)C(O)[C@H]1O. The van der Waals surface area contributed by atoms with E-state index in [1.807, 2.05) is 13.8 Å². The molecule has 13 heavy (non-hydrogen) atoms. The highest BCUT2D eigenvalue weighted by Crippen LogP contribution is 2.25. The summed E-state index contributed by atoms with van der Waals surface area (Å²) in [7, 11) is 0. The van der Waals surface area contributed by atoms with E-state index >= 15 is 0 Å². The molecule has 0 saturated carbocycles. The minimum absolute atomic E-state index is 0.125. The second-order valence-corrected chi connectivity index (χ2v) is 4.02. The summed E-state index contributed by atoms with van der Waals surface area (Å²) in [6.07, 6.45) is -3.91. The average Bonchev–Trinajstić information content (AvgIpc) is 2.07. The molecule has 0 spiro atoms. The first kappa shape index (κ1) is 10.9. The quantitative estimate of drug-likeness (QED) is 0.522. The minimum Gasteiger partial charge on any atom is -0.388 e. The monoisotopic (exact) mass is 190 g/mol. The van der Waals surface area contributed by atoms with Crippen LogP contribution in [0.2, 0.25) is 0 Å². The van der Waals surface area contributed by atoms with Crippen molar-refractivity contribution in [3.63, 3.8) is 0 Å². The van der Waals surface area contributed by atoms with Gasteiger partial charge in [0, 0.05) is 0 Å². The van der Waals surface area contributed by atoms with Crippen LogP contribution in [-0.2, 0) is 4.74 Å². The third-order valence-electron chi connectivity index (χ3n) is 2.55. The molecule has 1 aliphatic heterocycles. The Hall–Kier alpha value is -0.160. The molecule has 0 amide bonds. The molecule has 1 saturated heterocycles. The Balaban J connectivity index is 2.70. The molecule has 0 radical (unpaired) electrons. The van der Waals surface area contributed by atoms with Crippen LogP contribution in [0.1, 0.15) is 20.8 Å². The lowest BCUT2D eigenvalue weighted by molar-refractivity contribution is -0.226. The van der Waals surface area contributed by atoms with E-state index < -0.39 is 30.5 Å². The average molecular weight is 190 g/mol. The number of aliphatic hydroxyl groups is 3. The van der Waals surface area contributed by atoms with E-state index in [4.69, 9.17) is 4.74 Å². The third kappa shape index (κ3) is 2.02. The Kier molecular flexibility index (Phi) is 3.29. The van der Waals surface area contributed by atoms with Gasteiger partial charge in [-0.15, -0.1) is 0 Å². The van der Waals surface area contributed by atoms with Gasteiger partial charge in [0.15, 0.2) is 0 Å². The van der Waals surface area contributed by atoms with E-state index in [-0.39, 0.29) is 5.92 Å². The molecule has 1 fully saturated rings. The maximum atomic E-state index is 9.56. The fraction of sp³-hybridized carbons (Fsp3) is 1.00. The topological polar surface area (TPSA) is 69.9 Å². The highest BCUT2D eigenvalue weighted by Gasteiger charge is 2.42. The third-order valence-corrected chi connectivity index (χ3v) is 2.55. The first-order valence-electron chi connectivity index (χ1n) is 4.64. The highest BCUT2D eigenvalue weighted by atomic mass is 16.5. The molecule has 1 heterocycles. The second kappa shape index (κ2) is 3.92. The smallest absolute Gasteiger partial charge is 0.111 e. The number of aliphatic hydroxyl groups excluding tert-OH is 3. The molecule has 1 aliphatic rings. The molecule has 3 N–H and O–H groups in total. The fourth-order valence-corrected chi connectivity index (χ4v) is 1.63. The molecule has 5 atom stereocenters. The van der Waals surface area contributed by atoms with Crippen LogP contribution in [0, 0.1) is 5.92 Å². The molecule has 0 aromatic rings. The number of rotatable bonds is 1. The van der Waals surface area contributed by atoms with Crippen LogP contribution >= 0.6 is 0 Å². The highest BCUT2D eigenvalue weighted by molar-refractivity contribution is 4.91. The van der Waals surface area contributed by atoms with Crippen LogP contribution in [0.25, 0.3) is 0 Å². The zero-order chi connectivity index (χ0) is 10.2. The van der Waals surface area contributed by atoms with E-state index in [0.29, 0.717) is 0 Å². The Morgan fingerprint density at radius 3 is 2.00 bits per heavy atom. The molecule has 4 heteroatoms. The van der Waals surface area contributed by atoms with Crippen molar-refractivity contribution in [3.05, 3.63) is 0 Å². The predicted octanol–water partition coefficient (Wildman–Crippen LogP) is -0.488. The molecule has 0 aromatic carbocycles. The lowest BCUT2D eigenvalue weighted by Crippen LogP contribution is -2.57. The molecule has 0 bridgehead atoms. The summed E-state index contributed by atoms with van der Waals surface area (Å²) in [4.78, 5) is 0. The van der Waals surface area contributed by atoms with Gasteiger partial charge in [0.1, 0.15) is 18.3 Å². The van der Waals surface area contributed by atoms with Gasteiger partial charge in [-0.3, -0.25) is 0 Å². The Bertz CT molecular complexity index is 171. The van der Waals surface area contributed by atoms with Gasteiger partial charge in [0.2, 0.25) is 0 Å². The summed E-state index contributed by atoms with van der Waals surface area (Å²) in [5.41, 5.74) is 0. The van der Waals surface area contributed by atoms with Crippen LogP contribution in [0.4, 0.5) is 0 Å². The number of hydrogen-bond acceptors (Lipinski definition) is 4. The Labute approximate surface area is 78.1 Å². The van der Waals surface area contributed by atoms with Crippen LogP contribution in [0.3, 0.4) is 0 Å². The molecule has 0 aromatic heterocycles. The summed E-state index contributed by atoms with van der Waals surface area (Å²) in [5, 5.41) is 28.4. The first-order chi connectivity index (χ1) is 5.95. The zero-order valence-electron chi connectivity index (χ0n) is 8.21. The van der Waals surface area contributed by atoms with Gasteiger partial charge in [-0.25, -0.2) is 0 Å². The van der Waals surface area contributed by atoms with Crippen molar-refractivity contribution in [2.75, 3.05) is 0 Å². The first-order valence-corrected chi connectivity index (χ1v) is 4.64. The van der Waals surface area contributed by atoms with Crippen molar-refractivity contribution in [1.29, 1.82) is 0 Å². The maximum absolute atomic E-state index is 9.56. The van der Waals surface area contributed by atoms with Crippen molar-refractivity contribution in [2.24, 2.45) is 5.92 Å². The maximum Gasteiger partial charge on any atom is 0.111 e. The van der Waals surface area contributed by atoms with Crippen molar-refractivity contribution < 1.29 is 20.1 Å². The molecule has 1 rings (SSSR count). The van der Waals surface area contributed by atoms with E-state index in [1.54, 1.807) is 6.92 Å². The lowest BCUT2D eigenvalue weighted by atomic mass is 9.90. The van der Waals surface area contributed by atoms with Gasteiger partial charge in [-0.1, -0.05) is 13.8 Å². The lowest BCUT2D eigenvalue weighted by Gasteiger charge is -2.41. The summed E-state index contributed by atoms with van der Waals surface area (Å²) in [5.74, 6) is 0.125. The Morgan fingerprint density at radius 1 is 1.00 bits per heavy atom. The summed E-state index contributed by atoms with van der Waals surface area (Å²) >= 11 is 0. The van der Waals surface area contributed by atoms with E-state index in [9.17, 15) is 15.3 Å². The molecule has 78 valence electrons. The molecular formula is C9H18O4. The van der Waals surface area contributed by atoms with Crippen molar-refractivity contribution in [2.45, 2.75) is 51.3 Å². The van der Waals surface area contributed by atoms with E-state index in [1.165, 1.54) is 0 Å². The summed E-state index contributed by atoms with van der Waals surface area (Å²) < 4.78 is 5.38. The van der Waals surface area contributed by atoms with Gasteiger partial charge in [-0.2, -0.15) is 0 Å². The fourth-order valence-electron chi connectivity index (χ4n) is 1.63. The van der Waals surface area contributed by atoms with Crippen LogP contribution in [0.5, 0.6) is 0 Å². The second-order valence-electron chi connectivity index (χ2n) is 4.02. The van der Waals surface area contributed by atoms with Crippen molar-refractivity contribution in [3.8, 4) is 0 Å². The predicted molar refractivity (Wildman–Crippen MR) is 47.2 cm³/mol. The van der Waals surface area contributed by atoms with Crippen molar-refractivity contribution in [1.82, 2.24) is 0 Å². The molecule has 0 aliphatic carbocycles. The van der Waals surface area contributed by atoms with Gasteiger partial charge in [0.25, 0.3) is 0 Å². The standard InChI is InChI=1S/C9H18O4/c1-4(2)9-8(12)7(11)6(10)5(3)13-9/h4-12H,1-3H3/t5-,6?,7?,8-,9?/m1/s1.